The largest absolute Gasteiger partial charge is 0.573 e. The van der Waals surface area contributed by atoms with E-state index in [9.17, 15) is 36.9 Å². The molecule has 0 radical (unpaired) electrons. The van der Waals surface area contributed by atoms with Crippen LogP contribution in [0.25, 0.3) is 54.2 Å². The van der Waals surface area contributed by atoms with Crippen LogP contribution in [-0.2, 0) is 0 Å². The molecule has 0 saturated carbocycles. The van der Waals surface area contributed by atoms with E-state index in [0.29, 0.717) is 44.5 Å². The maximum Gasteiger partial charge on any atom is 0.573 e. The van der Waals surface area contributed by atoms with Crippen molar-refractivity contribution in [2.24, 2.45) is 0 Å². The van der Waals surface area contributed by atoms with Crippen molar-refractivity contribution in [1.82, 2.24) is 0 Å². The van der Waals surface area contributed by atoms with Crippen molar-refractivity contribution >= 4 is 11.1 Å². The summed E-state index contributed by atoms with van der Waals surface area (Å²) in [5.74, 6) is -1.11. The zero-order valence-corrected chi connectivity index (χ0v) is 23.7. The number of alkyl halides is 6. The molecule has 2 aliphatic carbocycles. The minimum atomic E-state index is -5.04. The number of fused-ring (bicyclic) bond motifs is 6. The Kier molecular flexibility index (Phi) is 7.04. The van der Waals surface area contributed by atoms with Crippen LogP contribution in [0.3, 0.4) is 0 Å². The molecule has 2 aliphatic rings. The normalized spacial score (nSPS) is 14.7. The molecule has 4 aromatic rings. The summed E-state index contributed by atoms with van der Waals surface area (Å²) in [4.78, 5) is 6.78. The standard InChI is InChI=1S/C35H14F6N4O2/c1-17-4-10-21-23(12-17)30(27(15-42)44-2)25-14-26-31(28(16-43)45-3)24-13-20(47-35(39,40)41)9-11-22(24)33(26)29(32(21)25)18-5-7-19(8-6-18)46-34(36,37)38/h4-14H,1H3/b30-27+,31-28-. The second-order valence-electron chi connectivity index (χ2n) is 10.4. The number of aryl methyl sites for hydroxylation is 1. The zero-order chi connectivity index (χ0) is 33.8. The van der Waals surface area contributed by atoms with E-state index in [-0.39, 0.29) is 28.0 Å². The predicted molar refractivity (Wildman–Crippen MR) is 157 cm³/mol. The molecule has 6 nitrogen and oxygen atoms in total. The van der Waals surface area contributed by atoms with Gasteiger partial charge in [0, 0.05) is 11.1 Å². The summed E-state index contributed by atoms with van der Waals surface area (Å²) in [5.41, 5.74) is 4.11. The van der Waals surface area contributed by atoms with Crippen molar-refractivity contribution in [1.29, 1.82) is 10.5 Å². The Balaban J connectivity index is 1.79. The van der Waals surface area contributed by atoms with E-state index in [1.807, 2.05) is 13.0 Å². The molecule has 0 heterocycles. The molecule has 0 aromatic heterocycles. The molecule has 0 fully saturated rings. The van der Waals surface area contributed by atoms with Crippen LogP contribution in [0.15, 0.2) is 78.1 Å². The van der Waals surface area contributed by atoms with Crippen LogP contribution in [0.4, 0.5) is 26.3 Å². The van der Waals surface area contributed by atoms with Gasteiger partial charge >= 0.3 is 12.7 Å². The predicted octanol–water partition coefficient (Wildman–Crippen LogP) is 9.82. The fourth-order valence-corrected chi connectivity index (χ4v) is 6.05. The zero-order valence-electron chi connectivity index (χ0n) is 23.7. The maximum atomic E-state index is 13.2. The van der Waals surface area contributed by atoms with Crippen LogP contribution in [-0.4, -0.2) is 12.7 Å². The van der Waals surface area contributed by atoms with Gasteiger partial charge in [0.15, 0.2) is 0 Å². The third-order valence-corrected chi connectivity index (χ3v) is 7.63. The number of halogens is 6. The van der Waals surface area contributed by atoms with Crippen molar-refractivity contribution in [2.45, 2.75) is 19.6 Å². The lowest BCUT2D eigenvalue weighted by atomic mass is 9.85. The molecule has 0 N–H and O–H groups in total. The van der Waals surface area contributed by atoms with Gasteiger partial charge in [0.25, 0.3) is 11.4 Å². The SMILES string of the molecule is [C-]#[N+]/C(C#N)=C1/c2cc(OC(F)(F)F)ccc2-c2c1cc1c(c2-c2ccc(OC(F)(F)F)cc2)-c2ccc(C)cc2/C1=C(/C#N)[N+]#[C-]. The topological polar surface area (TPSA) is 74.8 Å². The van der Waals surface area contributed by atoms with Crippen molar-refractivity contribution < 1.29 is 35.8 Å². The summed E-state index contributed by atoms with van der Waals surface area (Å²) in [6, 6.07) is 19.1. The van der Waals surface area contributed by atoms with E-state index in [1.54, 1.807) is 30.3 Å². The van der Waals surface area contributed by atoms with E-state index >= 15 is 0 Å². The molecule has 6 rings (SSSR count). The van der Waals surface area contributed by atoms with Crippen LogP contribution in [0.5, 0.6) is 11.5 Å². The Morgan fingerprint density at radius 1 is 0.596 bits per heavy atom. The molecule has 0 amide bonds. The average molecular weight is 637 g/mol. The molecular formula is C35H14F6N4O2. The minimum Gasteiger partial charge on any atom is -0.406 e. The fourth-order valence-electron chi connectivity index (χ4n) is 6.05. The minimum absolute atomic E-state index is 0.00555. The Morgan fingerprint density at radius 3 is 1.55 bits per heavy atom. The van der Waals surface area contributed by atoms with Gasteiger partial charge in [-0.3, -0.25) is 0 Å². The number of rotatable bonds is 3. The Morgan fingerprint density at radius 2 is 1.06 bits per heavy atom. The molecule has 228 valence electrons. The summed E-state index contributed by atoms with van der Waals surface area (Å²) in [6.07, 6.45) is -9.99. The summed E-state index contributed by atoms with van der Waals surface area (Å²) in [7, 11) is 0. The third-order valence-electron chi connectivity index (χ3n) is 7.63. The molecule has 4 aromatic carbocycles. The van der Waals surface area contributed by atoms with Crippen molar-refractivity contribution in [3.63, 3.8) is 0 Å². The van der Waals surface area contributed by atoms with E-state index < -0.39 is 29.9 Å². The van der Waals surface area contributed by atoms with Gasteiger partial charge in [-0.1, -0.05) is 42.0 Å². The second kappa shape index (κ2) is 10.8. The molecule has 0 spiro atoms. The Hall–Kier alpha value is -6.50. The lowest BCUT2D eigenvalue weighted by Crippen LogP contribution is -2.17. The van der Waals surface area contributed by atoms with E-state index in [4.69, 9.17) is 13.1 Å². The smallest absolute Gasteiger partial charge is 0.406 e. The lowest BCUT2D eigenvalue weighted by molar-refractivity contribution is -0.275. The first-order valence-corrected chi connectivity index (χ1v) is 13.4. The van der Waals surface area contributed by atoms with Gasteiger partial charge in [0.05, 0.1) is 25.3 Å². The van der Waals surface area contributed by atoms with Gasteiger partial charge < -0.3 is 9.47 Å². The van der Waals surface area contributed by atoms with Gasteiger partial charge in [-0.2, -0.15) is 0 Å². The van der Waals surface area contributed by atoms with Gasteiger partial charge in [0.1, 0.15) is 11.5 Å². The average Bonchev–Trinajstić information content (AvgIpc) is 3.48. The molecule has 12 heteroatoms. The molecule has 0 unspecified atom stereocenters. The number of ether oxygens (including phenoxy) is 2. The number of nitriles is 2. The van der Waals surface area contributed by atoms with Gasteiger partial charge in [0.2, 0.25) is 0 Å². The number of allylic oxidation sites excluding steroid dienone is 2. The Labute approximate surface area is 262 Å². The quantitative estimate of drug-likeness (QED) is 0.110. The van der Waals surface area contributed by atoms with E-state index in [2.05, 4.69) is 19.2 Å². The van der Waals surface area contributed by atoms with Crippen LogP contribution < -0.4 is 9.47 Å². The lowest BCUT2D eigenvalue weighted by Gasteiger charge is -2.18. The number of hydrogen-bond donors (Lipinski definition) is 0. The summed E-state index contributed by atoms with van der Waals surface area (Å²) in [6.45, 7) is 17.3. The summed E-state index contributed by atoms with van der Waals surface area (Å²) in [5, 5.41) is 19.9. The molecule has 0 aliphatic heterocycles. The highest BCUT2D eigenvalue weighted by Gasteiger charge is 2.38. The number of benzene rings is 4. The fraction of sp³-hybridized carbons (Fsp3) is 0.0857. The molecule has 47 heavy (non-hydrogen) atoms. The Bertz CT molecular complexity index is 2240. The van der Waals surface area contributed by atoms with Crippen LogP contribution in [0, 0.1) is 42.7 Å². The monoisotopic (exact) mass is 636 g/mol. The van der Waals surface area contributed by atoms with Crippen molar-refractivity contribution in [3.05, 3.63) is 129 Å². The van der Waals surface area contributed by atoms with Gasteiger partial charge in [-0.25, -0.2) is 20.2 Å². The van der Waals surface area contributed by atoms with Crippen LogP contribution in [0.2, 0.25) is 0 Å². The third kappa shape index (κ3) is 5.19. The van der Waals surface area contributed by atoms with Gasteiger partial charge in [-0.15, -0.1) is 26.3 Å². The first-order valence-electron chi connectivity index (χ1n) is 13.4. The highest BCUT2D eigenvalue weighted by atomic mass is 19.4. The summed E-state index contributed by atoms with van der Waals surface area (Å²) < 4.78 is 86.8. The van der Waals surface area contributed by atoms with Crippen LogP contribution >= 0.6 is 0 Å². The highest BCUT2D eigenvalue weighted by Crippen LogP contribution is 2.59. The molecule has 0 atom stereocenters. The molecule has 0 bridgehead atoms. The van der Waals surface area contributed by atoms with Gasteiger partial charge in [-0.05, 0) is 92.9 Å². The van der Waals surface area contributed by atoms with Crippen molar-refractivity contribution in [3.8, 4) is 57.0 Å². The first-order chi connectivity index (χ1) is 22.3. The maximum absolute atomic E-state index is 13.2. The summed E-state index contributed by atoms with van der Waals surface area (Å²) >= 11 is 0. The van der Waals surface area contributed by atoms with Crippen LogP contribution in [0.1, 0.15) is 27.8 Å². The number of nitrogens with zero attached hydrogens (tertiary/aromatic N) is 4. The van der Waals surface area contributed by atoms with Crippen molar-refractivity contribution in [2.75, 3.05) is 0 Å². The highest BCUT2D eigenvalue weighted by molar-refractivity contribution is 6.17. The van der Waals surface area contributed by atoms with E-state index in [1.165, 1.54) is 18.2 Å². The van der Waals surface area contributed by atoms with E-state index in [0.717, 1.165) is 29.8 Å². The first kappa shape index (κ1) is 30.5. The molecular weight excluding hydrogens is 622 g/mol. The number of hydrogen-bond acceptors (Lipinski definition) is 4. The second-order valence-corrected chi connectivity index (χ2v) is 10.4. The molecule has 0 saturated heterocycles.